The van der Waals surface area contributed by atoms with Crippen molar-refractivity contribution in [3.05, 3.63) is 12.4 Å². The summed E-state index contributed by atoms with van der Waals surface area (Å²) in [5.41, 5.74) is 0.986. The fraction of sp³-hybridized carbons (Fsp3) is 0.909. The molecule has 0 unspecified atom stereocenters. The van der Waals surface area contributed by atoms with E-state index in [1.807, 2.05) is 0 Å². The van der Waals surface area contributed by atoms with Crippen LogP contribution in [0.4, 0.5) is 0 Å². The Hall–Kier alpha value is 1.47. The number of hydrogen-bond donors (Lipinski definition) is 0. The minimum absolute atomic E-state index is 0. The molecule has 0 atom stereocenters. The van der Waals surface area contributed by atoms with Crippen LogP contribution in [-0.2, 0) is 17.0 Å². The van der Waals surface area contributed by atoms with Crippen LogP contribution >= 0.6 is 18.6 Å². The predicted molar refractivity (Wildman–Crippen MR) is 76.3 cm³/mol. The van der Waals surface area contributed by atoms with Crippen LogP contribution in [0.25, 0.3) is 4.98 Å². The van der Waals surface area contributed by atoms with Gasteiger partial charge in [-0.1, -0.05) is 66.4 Å². The van der Waals surface area contributed by atoms with E-state index in [2.05, 4.69) is 26.9 Å². The van der Waals surface area contributed by atoms with Crippen LogP contribution in [0.1, 0.15) is 39.5 Å². The van der Waals surface area contributed by atoms with Gasteiger partial charge in [0.1, 0.15) is 0 Å². The molecule has 0 aromatic rings. The van der Waals surface area contributed by atoms with E-state index in [0.717, 1.165) is 5.54 Å². The van der Waals surface area contributed by atoms with Gasteiger partial charge in [-0.2, -0.15) is 0 Å². The van der Waals surface area contributed by atoms with Gasteiger partial charge in [0.2, 0.25) is 0 Å². The molecule has 1 nitrogen and oxygen atoms in total. The van der Waals surface area contributed by atoms with Crippen molar-refractivity contribution in [2.45, 2.75) is 64.2 Å². The zero-order valence-electron chi connectivity index (χ0n) is 11.2. The number of rotatable bonds is 3. The van der Waals surface area contributed by atoms with Gasteiger partial charge in [0.05, 0.1) is 0 Å². The van der Waals surface area contributed by atoms with Crippen LogP contribution in [0, 0.1) is 7.43 Å². The second-order valence-electron chi connectivity index (χ2n) is 4.93. The Morgan fingerprint density at radius 2 is 1.56 bits per heavy atom. The molecule has 1 rings (SSSR count). The molecular weight excluding hydrogens is 293 g/mol. The Bertz CT molecular complexity index is 162. The third kappa shape index (κ3) is 8.55. The van der Waals surface area contributed by atoms with Gasteiger partial charge in [-0.25, -0.2) is 0 Å². The topological polar surface area (TPSA) is 14.1 Å². The second kappa shape index (κ2) is 10.4. The predicted octanol–water partition coefficient (Wildman–Crippen LogP) is 5.74. The zero-order chi connectivity index (χ0) is 11.9. The van der Waals surface area contributed by atoms with E-state index in [1.54, 1.807) is 0 Å². The molecule has 0 radical (unpaired) electrons. The molecule has 0 saturated heterocycles. The molecule has 0 heterocycles. The SMILES string of the molecule is CC(C)[N-][Si](C)(C)C1CCCC1.[CH3-].[Cl][Ti][Cl]. The van der Waals surface area contributed by atoms with E-state index >= 15 is 0 Å². The van der Waals surface area contributed by atoms with Crippen molar-refractivity contribution in [3.8, 4) is 0 Å². The Morgan fingerprint density at radius 3 is 1.88 bits per heavy atom. The van der Waals surface area contributed by atoms with Crippen LogP contribution in [0.2, 0.25) is 18.6 Å². The molecule has 1 fully saturated rings. The summed E-state index contributed by atoms with van der Waals surface area (Å²) < 4.78 is 0. The molecule has 0 amide bonds. The normalized spacial score (nSPS) is 16.4. The van der Waals surface area contributed by atoms with Gasteiger partial charge >= 0.3 is 35.6 Å². The third-order valence-corrected chi connectivity index (χ3v) is 6.70. The van der Waals surface area contributed by atoms with E-state index in [9.17, 15) is 0 Å². The molecule has 1 aliphatic carbocycles. The van der Waals surface area contributed by atoms with Crippen molar-refractivity contribution < 1.29 is 17.0 Å². The average molecular weight is 318 g/mol. The molecule has 0 bridgehead atoms. The van der Waals surface area contributed by atoms with Gasteiger partial charge in [0.15, 0.2) is 0 Å². The maximum atomic E-state index is 4.93. The van der Waals surface area contributed by atoms with Crippen LogP contribution in [-0.4, -0.2) is 14.3 Å². The first-order valence-electron chi connectivity index (χ1n) is 5.62. The molecule has 0 aromatic heterocycles. The Morgan fingerprint density at radius 1 is 1.19 bits per heavy atom. The molecule has 98 valence electrons. The van der Waals surface area contributed by atoms with Gasteiger partial charge in [-0.3, -0.25) is 0 Å². The first-order valence-corrected chi connectivity index (χ1v) is 12.9. The fourth-order valence-electron chi connectivity index (χ4n) is 2.40. The first-order chi connectivity index (χ1) is 6.94. The molecular formula is C11H25Cl2NSiTi-2. The van der Waals surface area contributed by atoms with Gasteiger partial charge in [0.25, 0.3) is 0 Å². The maximum absolute atomic E-state index is 4.93. The van der Waals surface area contributed by atoms with Gasteiger partial charge in [0, 0.05) is 0 Å². The summed E-state index contributed by atoms with van der Waals surface area (Å²) in [5.74, 6) is 0. The summed E-state index contributed by atoms with van der Waals surface area (Å²) in [6.45, 7) is 9.29. The molecule has 16 heavy (non-hydrogen) atoms. The van der Waals surface area contributed by atoms with E-state index < -0.39 is 25.3 Å². The molecule has 0 spiro atoms. The molecule has 1 saturated carbocycles. The van der Waals surface area contributed by atoms with Gasteiger partial charge < -0.3 is 12.4 Å². The molecule has 0 aliphatic heterocycles. The summed E-state index contributed by atoms with van der Waals surface area (Å²) in [6.07, 6.45) is 5.81. The molecule has 5 heteroatoms. The second-order valence-corrected chi connectivity index (χ2v) is 11.9. The first kappa shape index (κ1) is 19.8. The molecule has 1 aliphatic rings. The summed E-state index contributed by atoms with van der Waals surface area (Å²) in [7, 11) is 8.57. The Labute approximate surface area is 120 Å². The van der Waals surface area contributed by atoms with Crippen LogP contribution in [0.5, 0.6) is 0 Å². The number of halogens is 2. The molecule has 0 aromatic carbocycles. The minimum atomic E-state index is -1.21. The summed E-state index contributed by atoms with van der Waals surface area (Å²) in [4.78, 5) is 4.93. The van der Waals surface area contributed by atoms with Crippen molar-refractivity contribution in [3.63, 3.8) is 0 Å². The van der Waals surface area contributed by atoms with E-state index in [4.69, 9.17) is 23.6 Å². The van der Waals surface area contributed by atoms with Gasteiger partial charge in [-0.05, 0) is 0 Å². The Balaban J connectivity index is 0. The summed E-state index contributed by atoms with van der Waals surface area (Å²) >= 11 is -0.556. The van der Waals surface area contributed by atoms with Crippen LogP contribution in [0.15, 0.2) is 0 Å². The standard InChI is InChI=1S/C10H22NSi.CH3.2ClH.Ti/c1-9(2)11-12(3,4)10-7-5-6-8-10;;;;/h9-10H,5-8H2,1-4H3;1H3;2*1H;/q2*-1;;;+2/p-2. The fourth-order valence-corrected chi connectivity index (χ4v) is 5.77. The quantitative estimate of drug-likeness (QED) is 0.465. The van der Waals surface area contributed by atoms with Crippen molar-refractivity contribution in [1.82, 2.24) is 0 Å². The van der Waals surface area contributed by atoms with Crippen molar-refractivity contribution in [2.24, 2.45) is 0 Å². The van der Waals surface area contributed by atoms with E-state index in [-0.39, 0.29) is 7.43 Å². The van der Waals surface area contributed by atoms with Crippen LogP contribution < -0.4 is 0 Å². The van der Waals surface area contributed by atoms with Crippen molar-refractivity contribution in [2.75, 3.05) is 0 Å². The summed E-state index contributed by atoms with van der Waals surface area (Å²) in [5, 5.41) is 0. The van der Waals surface area contributed by atoms with Crippen LogP contribution in [0.3, 0.4) is 0 Å². The zero-order valence-corrected chi connectivity index (χ0v) is 15.3. The van der Waals surface area contributed by atoms with E-state index in [1.165, 1.54) is 25.7 Å². The number of hydrogen-bond acceptors (Lipinski definition) is 0. The monoisotopic (exact) mass is 317 g/mol. The Kier molecular flexibility index (Phi) is 12.9. The summed E-state index contributed by atoms with van der Waals surface area (Å²) in [6, 6.07) is 0.548. The van der Waals surface area contributed by atoms with Crippen molar-refractivity contribution >= 4 is 26.8 Å². The van der Waals surface area contributed by atoms with E-state index in [0.29, 0.717) is 6.04 Å². The van der Waals surface area contributed by atoms with Gasteiger partial charge in [-0.15, -0.1) is 6.04 Å². The number of nitrogens with zero attached hydrogens (tertiary/aromatic N) is 1. The third-order valence-electron chi connectivity index (χ3n) is 2.95. The average Bonchev–Trinajstić information content (AvgIpc) is 2.54. The molecule has 0 N–H and O–H groups in total. The van der Waals surface area contributed by atoms with Crippen molar-refractivity contribution in [1.29, 1.82) is 0 Å².